The molecule has 0 aliphatic carbocycles. The van der Waals surface area contributed by atoms with Crippen LogP contribution in [0.2, 0.25) is 5.02 Å². The first-order valence-electron chi connectivity index (χ1n) is 8.20. The van der Waals surface area contributed by atoms with Crippen LogP contribution >= 0.6 is 11.6 Å². The molecule has 7 nitrogen and oxygen atoms in total. The van der Waals surface area contributed by atoms with Crippen LogP contribution < -0.4 is 21.9 Å². The van der Waals surface area contributed by atoms with E-state index in [0.717, 1.165) is 16.8 Å². The van der Waals surface area contributed by atoms with Gasteiger partial charge in [0.15, 0.2) is 11.6 Å². The highest BCUT2D eigenvalue weighted by molar-refractivity contribution is 6.33. The number of aromatic nitrogens is 2. The van der Waals surface area contributed by atoms with Crippen LogP contribution in [0.5, 0.6) is 0 Å². The highest BCUT2D eigenvalue weighted by Gasteiger charge is 2.12. The molecule has 1 aromatic heterocycles. The van der Waals surface area contributed by atoms with Gasteiger partial charge in [-0.2, -0.15) is 0 Å². The highest BCUT2D eigenvalue weighted by Crippen LogP contribution is 2.26. The summed E-state index contributed by atoms with van der Waals surface area (Å²) in [4.78, 5) is 20.5. The molecule has 0 spiro atoms. The normalized spacial score (nSPS) is 10.3. The molecule has 3 rings (SSSR count). The largest absolute Gasteiger partial charge is 0.393 e. The number of rotatable bonds is 5. The number of hydrogen-bond donors (Lipinski definition) is 4. The highest BCUT2D eigenvalue weighted by atomic mass is 35.5. The van der Waals surface area contributed by atoms with E-state index in [1.807, 2.05) is 26.0 Å². The first-order chi connectivity index (χ1) is 12.9. The summed E-state index contributed by atoms with van der Waals surface area (Å²) >= 11 is 6.02. The Labute approximate surface area is 162 Å². The number of aryl methyl sites for hydroxylation is 2. The Kier molecular flexibility index (Phi) is 5.42. The molecule has 5 N–H and O–H groups in total. The fourth-order valence-corrected chi connectivity index (χ4v) is 2.83. The van der Waals surface area contributed by atoms with Gasteiger partial charge in [0.1, 0.15) is 12.0 Å². The number of nitrogen functional groups attached to an aromatic ring is 1. The van der Waals surface area contributed by atoms with Gasteiger partial charge in [-0.1, -0.05) is 29.8 Å². The van der Waals surface area contributed by atoms with E-state index in [9.17, 15) is 4.79 Å². The average molecular weight is 383 g/mol. The van der Waals surface area contributed by atoms with Crippen molar-refractivity contribution in [1.82, 2.24) is 15.4 Å². The van der Waals surface area contributed by atoms with Crippen LogP contribution in [0, 0.1) is 13.8 Å². The molecule has 27 heavy (non-hydrogen) atoms. The number of carbonyl (C=O) groups is 1. The van der Waals surface area contributed by atoms with E-state index in [2.05, 4.69) is 32.2 Å². The average Bonchev–Trinajstić information content (AvgIpc) is 2.62. The second-order valence-corrected chi connectivity index (χ2v) is 6.45. The van der Waals surface area contributed by atoms with Crippen LogP contribution in [0.15, 0.2) is 48.8 Å². The van der Waals surface area contributed by atoms with Crippen LogP contribution in [0.3, 0.4) is 0 Å². The van der Waals surface area contributed by atoms with Crippen molar-refractivity contribution in [3.05, 3.63) is 70.5 Å². The lowest BCUT2D eigenvalue weighted by atomic mass is 10.1. The number of anilines is 4. The van der Waals surface area contributed by atoms with Crippen molar-refractivity contribution in [3.63, 3.8) is 0 Å². The van der Waals surface area contributed by atoms with Gasteiger partial charge >= 0.3 is 0 Å². The van der Waals surface area contributed by atoms with Crippen molar-refractivity contribution >= 4 is 40.5 Å². The smallest absolute Gasteiger partial charge is 0.271 e. The van der Waals surface area contributed by atoms with Crippen molar-refractivity contribution in [2.24, 2.45) is 0 Å². The molecule has 0 saturated heterocycles. The van der Waals surface area contributed by atoms with Crippen LogP contribution in [0.1, 0.15) is 21.5 Å². The van der Waals surface area contributed by atoms with E-state index >= 15 is 0 Å². The monoisotopic (exact) mass is 382 g/mol. The number of nitrogens with one attached hydrogen (secondary N) is 3. The SMILES string of the molecule is Cc1cc(C)cc(Nc2ncnc(NNC(=O)c3ccccc3Cl)c2N)c1. The fraction of sp³-hybridized carbons (Fsp3) is 0.105. The number of carbonyl (C=O) groups excluding carboxylic acids is 1. The standard InChI is InChI=1S/C19H19ClN6O/c1-11-7-12(2)9-13(8-11)24-17-16(21)18(23-10-22-17)25-26-19(27)14-5-3-4-6-15(14)20/h3-10H,21H2,1-2H3,(H,26,27)(H2,22,23,24,25). The van der Waals surface area contributed by atoms with Gasteiger partial charge in [-0.05, 0) is 49.2 Å². The maximum Gasteiger partial charge on any atom is 0.271 e. The number of amides is 1. The number of nitrogens with zero attached hydrogens (tertiary/aromatic N) is 2. The van der Waals surface area contributed by atoms with Gasteiger partial charge in [-0.15, -0.1) is 0 Å². The van der Waals surface area contributed by atoms with Gasteiger partial charge in [-0.3, -0.25) is 15.6 Å². The number of benzene rings is 2. The molecule has 0 bridgehead atoms. The molecule has 0 fully saturated rings. The van der Waals surface area contributed by atoms with Gasteiger partial charge < -0.3 is 11.1 Å². The summed E-state index contributed by atoms with van der Waals surface area (Å²) in [7, 11) is 0. The van der Waals surface area contributed by atoms with E-state index in [0.29, 0.717) is 16.4 Å². The van der Waals surface area contributed by atoms with Gasteiger partial charge in [-0.25, -0.2) is 9.97 Å². The minimum absolute atomic E-state index is 0.274. The molecule has 0 unspecified atom stereocenters. The topological polar surface area (TPSA) is 105 Å². The van der Waals surface area contributed by atoms with E-state index in [4.69, 9.17) is 17.3 Å². The summed E-state index contributed by atoms with van der Waals surface area (Å²) in [5.74, 6) is 0.309. The quantitative estimate of drug-likeness (QED) is 0.500. The molecule has 138 valence electrons. The van der Waals surface area contributed by atoms with Crippen molar-refractivity contribution in [2.75, 3.05) is 16.5 Å². The van der Waals surface area contributed by atoms with Crippen LogP contribution in [-0.4, -0.2) is 15.9 Å². The molecule has 0 aliphatic heterocycles. The Bertz CT molecular complexity index is 971. The number of halogens is 1. The maximum atomic E-state index is 12.2. The zero-order valence-corrected chi connectivity index (χ0v) is 15.6. The first kappa shape index (κ1) is 18.5. The lowest BCUT2D eigenvalue weighted by Crippen LogP contribution is -2.30. The van der Waals surface area contributed by atoms with E-state index in [1.165, 1.54) is 6.33 Å². The third-order valence-electron chi connectivity index (χ3n) is 3.78. The second-order valence-electron chi connectivity index (χ2n) is 6.04. The lowest BCUT2D eigenvalue weighted by Gasteiger charge is -2.14. The van der Waals surface area contributed by atoms with E-state index in [1.54, 1.807) is 24.3 Å². The second kappa shape index (κ2) is 7.92. The van der Waals surface area contributed by atoms with E-state index in [-0.39, 0.29) is 11.5 Å². The molecular formula is C19H19ClN6O. The summed E-state index contributed by atoms with van der Waals surface area (Å²) in [6.45, 7) is 4.03. The molecule has 3 aromatic rings. The summed E-state index contributed by atoms with van der Waals surface area (Å²) in [6, 6.07) is 12.8. The minimum Gasteiger partial charge on any atom is -0.393 e. The van der Waals surface area contributed by atoms with Crippen LogP contribution in [-0.2, 0) is 0 Å². The molecule has 0 saturated carbocycles. The molecule has 2 aromatic carbocycles. The van der Waals surface area contributed by atoms with Gasteiger partial charge in [0.2, 0.25) is 0 Å². The summed E-state index contributed by atoms with van der Waals surface area (Å²) in [6.07, 6.45) is 1.35. The maximum absolute atomic E-state index is 12.2. The van der Waals surface area contributed by atoms with Gasteiger partial charge in [0.25, 0.3) is 5.91 Å². The van der Waals surface area contributed by atoms with Crippen molar-refractivity contribution in [1.29, 1.82) is 0 Å². The summed E-state index contributed by atoms with van der Waals surface area (Å²) in [5, 5.41) is 3.52. The predicted octanol–water partition coefficient (Wildman–Crippen LogP) is 3.83. The van der Waals surface area contributed by atoms with Crippen molar-refractivity contribution in [3.8, 4) is 0 Å². The van der Waals surface area contributed by atoms with Crippen LogP contribution in [0.4, 0.5) is 23.0 Å². The zero-order valence-electron chi connectivity index (χ0n) is 14.9. The fourth-order valence-electron chi connectivity index (χ4n) is 2.61. The van der Waals surface area contributed by atoms with E-state index < -0.39 is 5.91 Å². The number of hydrogen-bond acceptors (Lipinski definition) is 6. The first-order valence-corrected chi connectivity index (χ1v) is 8.58. The van der Waals surface area contributed by atoms with Crippen LogP contribution in [0.25, 0.3) is 0 Å². The molecule has 1 heterocycles. The predicted molar refractivity (Wildman–Crippen MR) is 108 cm³/mol. The molecule has 0 atom stereocenters. The Morgan fingerprint density at radius 3 is 2.41 bits per heavy atom. The minimum atomic E-state index is -0.401. The third-order valence-corrected chi connectivity index (χ3v) is 4.11. The zero-order chi connectivity index (χ0) is 19.4. The molecule has 0 aliphatic rings. The number of nitrogens with two attached hydrogens (primary N) is 1. The van der Waals surface area contributed by atoms with Crippen molar-refractivity contribution < 1.29 is 4.79 Å². The van der Waals surface area contributed by atoms with Gasteiger partial charge in [0.05, 0.1) is 10.6 Å². The molecule has 8 heteroatoms. The Morgan fingerprint density at radius 2 is 1.70 bits per heavy atom. The van der Waals surface area contributed by atoms with Gasteiger partial charge in [0, 0.05) is 5.69 Å². The Balaban J connectivity index is 1.75. The Hall–Kier alpha value is -3.32. The summed E-state index contributed by atoms with van der Waals surface area (Å²) < 4.78 is 0. The summed E-state index contributed by atoms with van der Waals surface area (Å²) in [5.41, 5.74) is 15.1. The molecule has 1 amide bonds. The lowest BCUT2D eigenvalue weighted by molar-refractivity contribution is 0.0962. The number of hydrazine groups is 1. The molecular weight excluding hydrogens is 364 g/mol. The Morgan fingerprint density at radius 1 is 1.04 bits per heavy atom. The molecule has 0 radical (unpaired) electrons. The van der Waals surface area contributed by atoms with Crippen molar-refractivity contribution in [2.45, 2.75) is 13.8 Å². The third kappa shape index (κ3) is 4.45.